The predicted octanol–water partition coefficient (Wildman–Crippen LogP) is 1.47. The van der Waals surface area contributed by atoms with Gasteiger partial charge in [-0.3, -0.25) is 0 Å². The number of alkyl halides is 4. The molecule has 0 aliphatic carbocycles. The van der Waals surface area contributed by atoms with E-state index in [0.717, 1.165) is 0 Å². The van der Waals surface area contributed by atoms with Crippen LogP contribution in [0.15, 0.2) is 24.3 Å². The quantitative estimate of drug-likeness (QED) is 0.749. The van der Waals surface area contributed by atoms with Crippen LogP contribution in [0.5, 0.6) is 0 Å². The minimum atomic E-state index is -4.40. The third-order valence-corrected chi connectivity index (χ3v) is 3.81. The van der Waals surface area contributed by atoms with Crippen molar-refractivity contribution in [1.82, 2.24) is 4.72 Å². The van der Waals surface area contributed by atoms with Crippen molar-refractivity contribution in [2.24, 2.45) is 5.73 Å². The molecule has 0 saturated carbocycles. The molecule has 0 atom stereocenters. The number of benzene rings is 1. The van der Waals surface area contributed by atoms with Gasteiger partial charge < -0.3 is 5.73 Å². The molecule has 114 valence electrons. The van der Waals surface area contributed by atoms with Crippen molar-refractivity contribution in [1.29, 1.82) is 0 Å². The van der Waals surface area contributed by atoms with Crippen molar-refractivity contribution in [2.45, 2.75) is 24.6 Å². The molecule has 0 heterocycles. The highest BCUT2D eigenvalue weighted by molar-refractivity contribution is 7.88. The number of sulfonamides is 1. The van der Waals surface area contributed by atoms with E-state index in [0.29, 0.717) is 11.1 Å². The van der Waals surface area contributed by atoms with Crippen LogP contribution in [-0.4, -0.2) is 27.3 Å². The van der Waals surface area contributed by atoms with Crippen molar-refractivity contribution in [3.8, 4) is 0 Å². The van der Waals surface area contributed by atoms with Crippen LogP contribution in [0.3, 0.4) is 0 Å². The van der Waals surface area contributed by atoms with E-state index >= 15 is 0 Å². The smallest absolute Gasteiger partial charge is 0.320 e. The van der Waals surface area contributed by atoms with Gasteiger partial charge in [0.05, 0.1) is 12.3 Å². The second-order valence-corrected chi connectivity index (χ2v) is 5.92. The minimum absolute atomic E-state index is 0.0822. The number of hydrogen-bond acceptors (Lipinski definition) is 3. The monoisotopic (exact) mass is 314 g/mol. The van der Waals surface area contributed by atoms with Gasteiger partial charge in [0, 0.05) is 6.54 Å². The topological polar surface area (TPSA) is 72.2 Å². The summed E-state index contributed by atoms with van der Waals surface area (Å²) < 4.78 is 73.9. The lowest BCUT2D eigenvalue weighted by Gasteiger charge is -2.16. The Morgan fingerprint density at radius 2 is 1.75 bits per heavy atom. The highest BCUT2D eigenvalue weighted by Gasteiger charge is 2.41. The van der Waals surface area contributed by atoms with Crippen molar-refractivity contribution >= 4 is 10.0 Å². The van der Waals surface area contributed by atoms with Gasteiger partial charge in [-0.05, 0) is 11.1 Å². The van der Waals surface area contributed by atoms with E-state index < -0.39 is 34.7 Å². The lowest BCUT2D eigenvalue weighted by Crippen LogP contribution is -2.41. The molecular weight excluding hydrogens is 300 g/mol. The molecule has 1 rings (SSSR count). The zero-order chi connectivity index (χ0) is 15.4. The van der Waals surface area contributed by atoms with Gasteiger partial charge in [0.25, 0.3) is 0 Å². The summed E-state index contributed by atoms with van der Waals surface area (Å²) in [4.78, 5) is 0. The highest BCUT2D eigenvalue weighted by atomic mass is 32.2. The van der Waals surface area contributed by atoms with Gasteiger partial charge >= 0.3 is 12.3 Å². The Morgan fingerprint density at radius 3 is 2.25 bits per heavy atom. The van der Waals surface area contributed by atoms with Crippen LogP contribution in [0.1, 0.15) is 11.1 Å². The Balaban J connectivity index is 2.76. The molecule has 1 aromatic carbocycles. The van der Waals surface area contributed by atoms with Crippen LogP contribution < -0.4 is 10.5 Å². The summed E-state index contributed by atoms with van der Waals surface area (Å²) in [6, 6.07) is 6.29. The summed E-state index contributed by atoms with van der Waals surface area (Å²) in [6.07, 6.45) is -3.93. The van der Waals surface area contributed by atoms with Crippen LogP contribution in [0, 0.1) is 0 Å². The maximum atomic E-state index is 12.7. The molecule has 0 fully saturated rings. The molecular formula is C11H14F4N2O2S. The van der Waals surface area contributed by atoms with E-state index in [-0.39, 0.29) is 6.54 Å². The molecule has 0 aromatic heterocycles. The second-order valence-electron chi connectivity index (χ2n) is 4.11. The number of nitrogens with one attached hydrogen (secondary N) is 1. The van der Waals surface area contributed by atoms with Crippen molar-refractivity contribution in [2.75, 3.05) is 6.54 Å². The first-order chi connectivity index (χ1) is 9.18. The molecule has 0 radical (unpaired) electrons. The summed E-state index contributed by atoms with van der Waals surface area (Å²) in [7, 11) is -4.15. The van der Waals surface area contributed by atoms with Crippen LogP contribution in [0.4, 0.5) is 17.6 Å². The molecule has 0 aliphatic rings. The molecule has 9 heteroatoms. The zero-order valence-electron chi connectivity index (χ0n) is 10.3. The maximum absolute atomic E-state index is 12.7. The summed E-state index contributed by atoms with van der Waals surface area (Å²) in [6.45, 7) is -1.56. The summed E-state index contributed by atoms with van der Waals surface area (Å²) in [5.41, 5.74) is 6.29. The number of rotatable bonds is 7. The first kappa shape index (κ1) is 16.9. The largest absolute Gasteiger partial charge is 0.326 e. The lowest BCUT2D eigenvalue weighted by molar-refractivity contribution is -0.122. The summed E-state index contributed by atoms with van der Waals surface area (Å²) in [5, 5.41) is 0. The van der Waals surface area contributed by atoms with Gasteiger partial charge in [-0.15, -0.1) is 0 Å². The van der Waals surface area contributed by atoms with E-state index in [1.165, 1.54) is 10.8 Å². The first-order valence-corrected chi connectivity index (χ1v) is 7.23. The molecule has 0 bridgehead atoms. The molecule has 0 saturated heterocycles. The third kappa shape index (κ3) is 4.73. The van der Waals surface area contributed by atoms with Crippen molar-refractivity contribution in [3.63, 3.8) is 0 Å². The van der Waals surface area contributed by atoms with E-state index in [9.17, 15) is 26.0 Å². The van der Waals surface area contributed by atoms with E-state index in [1.54, 1.807) is 18.2 Å². The maximum Gasteiger partial charge on any atom is 0.320 e. The average Bonchev–Trinajstić information content (AvgIpc) is 2.37. The van der Waals surface area contributed by atoms with Crippen LogP contribution >= 0.6 is 0 Å². The first-order valence-electron chi connectivity index (χ1n) is 5.58. The molecule has 0 amide bonds. The molecule has 0 aliphatic heterocycles. The Kier molecular flexibility index (Phi) is 5.49. The van der Waals surface area contributed by atoms with Crippen LogP contribution in [0.25, 0.3) is 0 Å². The fourth-order valence-electron chi connectivity index (χ4n) is 1.44. The van der Waals surface area contributed by atoms with Gasteiger partial charge in [-0.25, -0.2) is 21.9 Å². The van der Waals surface area contributed by atoms with Crippen molar-refractivity contribution in [3.05, 3.63) is 35.4 Å². The van der Waals surface area contributed by atoms with E-state index in [2.05, 4.69) is 0 Å². The number of hydrogen-bond donors (Lipinski definition) is 2. The molecule has 4 nitrogen and oxygen atoms in total. The molecule has 0 spiro atoms. The molecule has 0 unspecified atom stereocenters. The summed E-state index contributed by atoms with van der Waals surface area (Å²) in [5.74, 6) is -5.00. The average molecular weight is 314 g/mol. The standard InChI is InChI=1S/C11H14F4N2O2S/c12-10(13)11(14,15)7-17-20(18,19)6-9-4-2-1-3-8(9)5-16/h1-4,10,17H,5-7,16H2. The highest BCUT2D eigenvalue weighted by Crippen LogP contribution is 2.22. The van der Waals surface area contributed by atoms with Crippen LogP contribution in [0.2, 0.25) is 0 Å². The number of nitrogens with two attached hydrogens (primary N) is 1. The van der Waals surface area contributed by atoms with Gasteiger partial charge in [-0.1, -0.05) is 24.3 Å². The molecule has 3 N–H and O–H groups in total. The fraction of sp³-hybridized carbons (Fsp3) is 0.455. The zero-order valence-corrected chi connectivity index (χ0v) is 11.1. The minimum Gasteiger partial charge on any atom is -0.326 e. The number of halogens is 4. The van der Waals surface area contributed by atoms with Crippen LogP contribution in [-0.2, 0) is 22.3 Å². The Bertz CT molecular complexity index is 549. The van der Waals surface area contributed by atoms with Gasteiger partial charge in [0.2, 0.25) is 10.0 Å². The lowest BCUT2D eigenvalue weighted by atomic mass is 10.1. The van der Waals surface area contributed by atoms with E-state index in [4.69, 9.17) is 5.73 Å². The van der Waals surface area contributed by atoms with E-state index in [1.807, 2.05) is 0 Å². The normalized spacial score (nSPS) is 12.9. The molecule has 1 aromatic rings. The Hall–Kier alpha value is -1.19. The Morgan fingerprint density at radius 1 is 1.20 bits per heavy atom. The second kappa shape index (κ2) is 6.51. The van der Waals surface area contributed by atoms with Gasteiger partial charge in [0.15, 0.2) is 0 Å². The summed E-state index contributed by atoms with van der Waals surface area (Å²) >= 11 is 0. The fourth-order valence-corrected chi connectivity index (χ4v) is 2.64. The van der Waals surface area contributed by atoms with Crippen molar-refractivity contribution < 1.29 is 26.0 Å². The predicted molar refractivity (Wildman–Crippen MR) is 65.9 cm³/mol. The molecule has 20 heavy (non-hydrogen) atoms. The Labute approximate surface area is 114 Å². The third-order valence-electron chi connectivity index (χ3n) is 2.53. The van der Waals surface area contributed by atoms with Gasteiger partial charge in [0.1, 0.15) is 0 Å². The SMILES string of the molecule is NCc1ccccc1CS(=O)(=O)NCC(F)(F)C(F)F. The van der Waals surface area contributed by atoms with Gasteiger partial charge in [-0.2, -0.15) is 8.78 Å².